The minimum atomic E-state index is -0.628. The molecule has 2 heterocycles. The number of carbonyl (C=O) groups excluding carboxylic acids is 2. The first-order valence-electron chi connectivity index (χ1n) is 11.8. The van der Waals surface area contributed by atoms with Crippen molar-refractivity contribution in [1.29, 1.82) is 0 Å². The molecule has 0 aromatic heterocycles. The summed E-state index contributed by atoms with van der Waals surface area (Å²) in [5.74, 6) is 0.680. The van der Waals surface area contributed by atoms with Crippen LogP contribution in [-0.2, 0) is 9.59 Å². The average Bonchev–Trinajstić information content (AvgIpc) is 3.53. The van der Waals surface area contributed by atoms with Gasteiger partial charge in [-0.1, -0.05) is 66.4 Å². The van der Waals surface area contributed by atoms with Gasteiger partial charge in [0.1, 0.15) is 16.7 Å². The van der Waals surface area contributed by atoms with Crippen molar-refractivity contribution in [2.24, 2.45) is 10.1 Å². The van der Waals surface area contributed by atoms with Crippen LogP contribution in [-0.4, -0.2) is 47.2 Å². The van der Waals surface area contributed by atoms with Crippen LogP contribution >= 0.6 is 11.8 Å². The fourth-order valence-electron chi connectivity index (χ4n) is 4.32. The molecule has 5 rings (SSSR count). The Labute approximate surface area is 219 Å². The molecule has 2 amide bonds. The van der Waals surface area contributed by atoms with E-state index < -0.39 is 5.25 Å². The van der Waals surface area contributed by atoms with Gasteiger partial charge in [0.25, 0.3) is 5.91 Å². The number of rotatable bonds is 7. The Balaban J connectivity index is 1.35. The van der Waals surface area contributed by atoms with Gasteiger partial charge in [-0.15, -0.1) is 0 Å². The van der Waals surface area contributed by atoms with Gasteiger partial charge >= 0.3 is 0 Å². The predicted octanol–water partition coefficient (Wildman–Crippen LogP) is 4.88. The van der Waals surface area contributed by atoms with Crippen LogP contribution in [0.4, 0.5) is 5.69 Å². The smallest absolute Gasteiger partial charge is 0.262 e. The predicted molar refractivity (Wildman–Crippen MR) is 145 cm³/mol. The summed E-state index contributed by atoms with van der Waals surface area (Å²) in [6, 6.07) is 24.8. The quantitative estimate of drug-likeness (QED) is 0.483. The molecule has 2 aliphatic rings. The molecular formula is C28H26N4O4S. The standard InChI is InChI=1S/C28H26N4O4S/c1-35-20-12-8-11-19(15-20)22-16-23(18-9-4-3-5-10-18)32(31-22)28-30-27(34)25(37-28)17-26(33)29-21-13-6-7-14-24(21)36-2/h3-15,23,25H,16-17H2,1-2H3,(H,29,33)/t23-,25-/m1/s1. The summed E-state index contributed by atoms with van der Waals surface area (Å²) in [4.78, 5) is 29.9. The zero-order chi connectivity index (χ0) is 25.8. The number of amidine groups is 1. The monoisotopic (exact) mass is 514 g/mol. The number of nitrogens with zero attached hydrogens (tertiary/aromatic N) is 3. The van der Waals surface area contributed by atoms with Crippen LogP contribution in [0.2, 0.25) is 0 Å². The van der Waals surface area contributed by atoms with Crippen LogP contribution in [0.1, 0.15) is 30.0 Å². The average molecular weight is 515 g/mol. The zero-order valence-electron chi connectivity index (χ0n) is 20.5. The van der Waals surface area contributed by atoms with E-state index in [1.165, 1.54) is 11.8 Å². The number of carbonyl (C=O) groups is 2. The van der Waals surface area contributed by atoms with Crippen LogP contribution in [0.15, 0.2) is 89.0 Å². The normalized spacial score (nSPS) is 18.9. The number of anilines is 1. The second-order valence-corrected chi connectivity index (χ2v) is 9.72. The first kappa shape index (κ1) is 24.6. The van der Waals surface area contributed by atoms with Crippen molar-refractivity contribution in [2.45, 2.75) is 24.1 Å². The summed E-state index contributed by atoms with van der Waals surface area (Å²) in [6.07, 6.45) is 0.634. The van der Waals surface area contributed by atoms with Crippen molar-refractivity contribution in [3.63, 3.8) is 0 Å². The van der Waals surface area contributed by atoms with Crippen LogP contribution < -0.4 is 14.8 Å². The van der Waals surface area contributed by atoms with E-state index in [0.717, 1.165) is 22.6 Å². The van der Waals surface area contributed by atoms with E-state index in [-0.39, 0.29) is 24.3 Å². The van der Waals surface area contributed by atoms with E-state index in [0.29, 0.717) is 23.0 Å². The van der Waals surface area contributed by atoms with E-state index in [9.17, 15) is 9.59 Å². The molecule has 0 saturated carbocycles. The molecule has 0 fully saturated rings. The molecule has 2 atom stereocenters. The van der Waals surface area contributed by atoms with E-state index in [2.05, 4.69) is 10.3 Å². The van der Waals surface area contributed by atoms with Gasteiger partial charge in [0.15, 0.2) is 5.17 Å². The van der Waals surface area contributed by atoms with Gasteiger partial charge in [-0.2, -0.15) is 10.1 Å². The van der Waals surface area contributed by atoms with E-state index in [1.54, 1.807) is 26.4 Å². The number of benzene rings is 3. The molecule has 8 nitrogen and oxygen atoms in total. The lowest BCUT2D eigenvalue weighted by molar-refractivity contribution is -0.121. The summed E-state index contributed by atoms with van der Waals surface area (Å²) < 4.78 is 10.7. The second kappa shape index (κ2) is 10.9. The number of para-hydroxylation sites is 2. The van der Waals surface area contributed by atoms with E-state index in [1.807, 2.05) is 71.7 Å². The maximum absolute atomic E-state index is 12.8. The molecule has 1 N–H and O–H groups in total. The van der Waals surface area contributed by atoms with Gasteiger partial charge in [0.05, 0.1) is 31.7 Å². The first-order chi connectivity index (χ1) is 18.1. The molecule has 0 saturated heterocycles. The Morgan fingerprint density at radius 3 is 2.59 bits per heavy atom. The third-order valence-electron chi connectivity index (χ3n) is 6.17. The van der Waals surface area contributed by atoms with Crippen LogP contribution in [0, 0.1) is 0 Å². The largest absolute Gasteiger partial charge is 0.497 e. The van der Waals surface area contributed by atoms with Gasteiger partial charge in [-0.3, -0.25) is 9.59 Å². The highest BCUT2D eigenvalue weighted by molar-refractivity contribution is 8.15. The van der Waals surface area contributed by atoms with Crippen LogP contribution in [0.3, 0.4) is 0 Å². The maximum atomic E-state index is 12.8. The molecule has 37 heavy (non-hydrogen) atoms. The highest BCUT2D eigenvalue weighted by atomic mass is 32.2. The lowest BCUT2D eigenvalue weighted by Gasteiger charge is -2.23. The summed E-state index contributed by atoms with van der Waals surface area (Å²) in [5, 5.41) is 9.39. The van der Waals surface area contributed by atoms with Gasteiger partial charge in [0, 0.05) is 18.4 Å². The molecule has 9 heteroatoms. The van der Waals surface area contributed by atoms with Crippen molar-refractivity contribution < 1.29 is 19.1 Å². The lowest BCUT2D eigenvalue weighted by atomic mass is 9.98. The number of thioether (sulfide) groups is 1. The molecular weight excluding hydrogens is 488 g/mol. The number of hydrogen-bond donors (Lipinski definition) is 1. The maximum Gasteiger partial charge on any atom is 0.262 e. The molecule has 3 aromatic rings. The van der Waals surface area contributed by atoms with Crippen molar-refractivity contribution in [2.75, 3.05) is 19.5 Å². The Morgan fingerprint density at radius 1 is 1.03 bits per heavy atom. The molecule has 3 aromatic carbocycles. The number of methoxy groups -OCH3 is 2. The molecule has 188 valence electrons. The van der Waals surface area contributed by atoms with Crippen molar-refractivity contribution in [3.8, 4) is 11.5 Å². The number of amides is 2. The molecule has 0 radical (unpaired) electrons. The first-order valence-corrected chi connectivity index (χ1v) is 12.7. The number of hydrogen-bond acceptors (Lipinski definition) is 7. The van der Waals surface area contributed by atoms with Gasteiger partial charge in [-0.05, 0) is 29.8 Å². The lowest BCUT2D eigenvalue weighted by Crippen LogP contribution is -2.25. The molecule has 0 spiro atoms. The van der Waals surface area contributed by atoms with Crippen molar-refractivity contribution >= 4 is 40.1 Å². The van der Waals surface area contributed by atoms with Crippen LogP contribution in [0.25, 0.3) is 0 Å². The number of hydrazone groups is 1. The van der Waals surface area contributed by atoms with E-state index >= 15 is 0 Å². The highest BCUT2D eigenvalue weighted by Crippen LogP contribution is 2.39. The molecule has 0 unspecified atom stereocenters. The fraction of sp³-hybridized carbons (Fsp3) is 0.214. The second-order valence-electron chi connectivity index (χ2n) is 8.55. The molecule has 0 bridgehead atoms. The fourth-order valence-corrected chi connectivity index (χ4v) is 5.38. The third-order valence-corrected chi connectivity index (χ3v) is 7.32. The zero-order valence-corrected chi connectivity index (χ0v) is 21.3. The Hall–Kier alpha value is -4.11. The molecule has 2 aliphatic heterocycles. The topological polar surface area (TPSA) is 92.6 Å². The summed E-state index contributed by atoms with van der Waals surface area (Å²) in [6.45, 7) is 0. The Bertz CT molecular complexity index is 1380. The van der Waals surface area contributed by atoms with Gasteiger partial charge in [0.2, 0.25) is 5.91 Å². The van der Waals surface area contributed by atoms with E-state index in [4.69, 9.17) is 14.6 Å². The summed E-state index contributed by atoms with van der Waals surface area (Å²) in [7, 11) is 3.18. The SMILES string of the molecule is COc1cccc(C2=NN(C3=NC(=O)[C@@H](CC(=O)Nc4ccccc4OC)S3)[C@@H](c3ccccc3)C2)c1. The third kappa shape index (κ3) is 5.36. The number of aliphatic imine (C=N–C) groups is 1. The van der Waals surface area contributed by atoms with Crippen molar-refractivity contribution in [1.82, 2.24) is 5.01 Å². The minimum absolute atomic E-state index is 0.00908. The molecule has 0 aliphatic carbocycles. The Morgan fingerprint density at radius 2 is 1.81 bits per heavy atom. The number of nitrogens with one attached hydrogen (secondary N) is 1. The summed E-state index contributed by atoms with van der Waals surface area (Å²) in [5.41, 5.74) is 3.45. The van der Waals surface area contributed by atoms with Crippen molar-refractivity contribution in [3.05, 3.63) is 90.0 Å². The van der Waals surface area contributed by atoms with Gasteiger partial charge < -0.3 is 14.8 Å². The minimum Gasteiger partial charge on any atom is -0.497 e. The number of ether oxygens (including phenoxy) is 2. The Kier molecular flexibility index (Phi) is 7.23. The van der Waals surface area contributed by atoms with Gasteiger partial charge in [-0.25, -0.2) is 5.01 Å². The highest BCUT2D eigenvalue weighted by Gasteiger charge is 2.39. The summed E-state index contributed by atoms with van der Waals surface area (Å²) >= 11 is 1.27. The van der Waals surface area contributed by atoms with Crippen LogP contribution in [0.5, 0.6) is 11.5 Å².